The minimum atomic E-state index is 0.335. The van der Waals surface area contributed by atoms with Crippen LogP contribution in [0.2, 0.25) is 0 Å². The highest BCUT2D eigenvalue weighted by Gasteiger charge is 2.26. The third-order valence-corrected chi connectivity index (χ3v) is 5.76. The maximum Gasteiger partial charge on any atom is 0.257 e. The van der Waals surface area contributed by atoms with Crippen molar-refractivity contribution in [3.63, 3.8) is 0 Å². The van der Waals surface area contributed by atoms with Gasteiger partial charge >= 0.3 is 0 Å². The molecule has 3 aromatic rings. The van der Waals surface area contributed by atoms with E-state index in [1.807, 2.05) is 0 Å². The van der Waals surface area contributed by atoms with Crippen molar-refractivity contribution < 1.29 is 4.42 Å². The van der Waals surface area contributed by atoms with Gasteiger partial charge in [0.05, 0.1) is 10.8 Å². The molecular formula is C20H23N3OS. The molecule has 0 N–H and O–H groups in total. The molecule has 1 aromatic carbocycles. The van der Waals surface area contributed by atoms with Gasteiger partial charge in [-0.15, -0.1) is 21.5 Å². The van der Waals surface area contributed by atoms with Crippen LogP contribution < -0.4 is 0 Å². The summed E-state index contributed by atoms with van der Waals surface area (Å²) in [6.07, 6.45) is 2.29. The minimum absolute atomic E-state index is 0.335. The normalized spacial score (nSPS) is 18.6. The predicted octanol–water partition coefficient (Wildman–Crippen LogP) is 4.79. The number of aromatic nitrogens is 2. The minimum Gasteiger partial charge on any atom is -0.420 e. The maximum absolute atomic E-state index is 6.00. The molecule has 0 saturated carbocycles. The van der Waals surface area contributed by atoms with Crippen molar-refractivity contribution in [1.82, 2.24) is 15.1 Å². The highest BCUT2D eigenvalue weighted by atomic mass is 32.1. The standard InChI is InChI=1S/C20H23N3OS/c1-14-5-8-16(9-6-14)12-23-11-3-4-17(13-23)19-21-22-20(24-19)18-10-7-15(2)25-18/h5-10,17H,3-4,11-13H2,1-2H3. The molecule has 130 valence electrons. The molecule has 1 atom stereocenters. The average Bonchev–Trinajstić information content (AvgIpc) is 3.26. The molecule has 0 amide bonds. The fraction of sp³-hybridized carbons (Fsp3) is 0.400. The first kappa shape index (κ1) is 16.5. The molecule has 4 rings (SSSR count). The summed E-state index contributed by atoms with van der Waals surface area (Å²) in [5.74, 6) is 1.78. The number of aryl methyl sites for hydroxylation is 2. The van der Waals surface area contributed by atoms with Gasteiger partial charge in [-0.25, -0.2) is 0 Å². The zero-order valence-electron chi connectivity index (χ0n) is 14.7. The Hall–Kier alpha value is -1.98. The molecule has 0 spiro atoms. The first-order valence-electron chi connectivity index (χ1n) is 8.85. The predicted molar refractivity (Wildman–Crippen MR) is 101 cm³/mol. The molecule has 0 aliphatic carbocycles. The van der Waals surface area contributed by atoms with Crippen molar-refractivity contribution in [1.29, 1.82) is 0 Å². The molecule has 1 fully saturated rings. The Labute approximate surface area is 152 Å². The summed E-state index contributed by atoms with van der Waals surface area (Å²) in [5, 5.41) is 8.61. The van der Waals surface area contributed by atoms with Gasteiger partial charge in [0.1, 0.15) is 0 Å². The van der Waals surface area contributed by atoms with Crippen molar-refractivity contribution in [3.05, 3.63) is 58.3 Å². The molecule has 0 radical (unpaired) electrons. The molecule has 4 nitrogen and oxygen atoms in total. The molecule has 2 aromatic heterocycles. The highest BCUT2D eigenvalue weighted by Crippen LogP contribution is 2.31. The van der Waals surface area contributed by atoms with Gasteiger partial charge in [0.2, 0.25) is 5.89 Å². The van der Waals surface area contributed by atoms with Crippen LogP contribution >= 0.6 is 11.3 Å². The fourth-order valence-electron chi connectivity index (χ4n) is 3.40. The fourth-order valence-corrected chi connectivity index (χ4v) is 4.19. The number of rotatable bonds is 4. The molecule has 1 unspecified atom stereocenters. The van der Waals surface area contributed by atoms with Gasteiger partial charge in [0, 0.05) is 18.0 Å². The lowest BCUT2D eigenvalue weighted by Gasteiger charge is -2.31. The largest absolute Gasteiger partial charge is 0.420 e. The number of hydrogen-bond acceptors (Lipinski definition) is 5. The van der Waals surface area contributed by atoms with Crippen LogP contribution in [0, 0.1) is 13.8 Å². The van der Waals surface area contributed by atoms with E-state index in [0.717, 1.165) is 36.8 Å². The molecule has 25 heavy (non-hydrogen) atoms. The van der Waals surface area contributed by atoms with Crippen LogP contribution in [0.1, 0.15) is 40.7 Å². The Kier molecular flexibility index (Phi) is 4.68. The van der Waals surface area contributed by atoms with Gasteiger partial charge in [-0.1, -0.05) is 29.8 Å². The van der Waals surface area contributed by atoms with E-state index in [1.54, 1.807) is 11.3 Å². The number of nitrogens with zero attached hydrogens (tertiary/aromatic N) is 3. The van der Waals surface area contributed by atoms with Crippen molar-refractivity contribution in [2.24, 2.45) is 0 Å². The Morgan fingerprint density at radius 1 is 1.12 bits per heavy atom. The van der Waals surface area contributed by atoms with E-state index < -0.39 is 0 Å². The van der Waals surface area contributed by atoms with Crippen molar-refractivity contribution in [2.75, 3.05) is 13.1 Å². The van der Waals surface area contributed by atoms with E-state index in [1.165, 1.54) is 22.4 Å². The van der Waals surface area contributed by atoms with Crippen LogP contribution in [0.15, 0.2) is 40.8 Å². The van der Waals surface area contributed by atoms with Gasteiger partial charge in [-0.3, -0.25) is 4.90 Å². The summed E-state index contributed by atoms with van der Waals surface area (Å²) < 4.78 is 6.00. The van der Waals surface area contributed by atoms with E-state index in [2.05, 4.69) is 65.3 Å². The molecular weight excluding hydrogens is 330 g/mol. The lowest BCUT2D eigenvalue weighted by Crippen LogP contribution is -2.34. The van der Waals surface area contributed by atoms with Gasteiger partial charge < -0.3 is 4.42 Å². The van der Waals surface area contributed by atoms with E-state index in [9.17, 15) is 0 Å². The van der Waals surface area contributed by atoms with Crippen molar-refractivity contribution >= 4 is 11.3 Å². The highest BCUT2D eigenvalue weighted by molar-refractivity contribution is 7.15. The van der Waals surface area contributed by atoms with E-state index in [-0.39, 0.29) is 0 Å². The Morgan fingerprint density at radius 3 is 2.72 bits per heavy atom. The molecule has 1 saturated heterocycles. The van der Waals surface area contributed by atoms with Crippen LogP contribution in [0.4, 0.5) is 0 Å². The monoisotopic (exact) mass is 353 g/mol. The second kappa shape index (κ2) is 7.10. The lowest BCUT2D eigenvalue weighted by molar-refractivity contribution is 0.186. The second-order valence-electron chi connectivity index (χ2n) is 6.92. The summed E-state index contributed by atoms with van der Waals surface area (Å²) >= 11 is 1.70. The van der Waals surface area contributed by atoms with Crippen LogP contribution in [0.5, 0.6) is 0 Å². The smallest absolute Gasteiger partial charge is 0.257 e. The van der Waals surface area contributed by atoms with Crippen molar-refractivity contribution in [2.45, 2.75) is 39.2 Å². The molecule has 1 aliphatic rings. The topological polar surface area (TPSA) is 42.2 Å². The number of piperidine rings is 1. The number of thiophene rings is 1. The maximum atomic E-state index is 6.00. The zero-order chi connectivity index (χ0) is 17.2. The van der Waals surface area contributed by atoms with Gasteiger partial charge in [-0.2, -0.15) is 0 Å². The Morgan fingerprint density at radius 2 is 1.96 bits per heavy atom. The average molecular weight is 353 g/mol. The first-order chi connectivity index (χ1) is 12.2. The van der Waals surface area contributed by atoms with Crippen LogP contribution in [0.3, 0.4) is 0 Å². The Balaban J connectivity index is 1.44. The van der Waals surface area contributed by atoms with Crippen LogP contribution in [-0.2, 0) is 6.54 Å². The summed E-state index contributed by atoms with van der Waals surface area (Å²) in [4.78, 5) is 4.82. The summed E-state index contributed by atoms with van der Waals surface area (Å²) in [6, 6.07) is 13.0. The van der Waals surface area contributed by atoms with E-state index in [0.29, 0.717) is 11.8 Å². The number of hydrogen-bond donors (Lipinski definition) is 0. The third-order valence-electron chi connectivity index (χ3n) is 4.77. The second-order valence-corrected chi connectivity index (χ2v) is 8.20. The first-order valence-corrected chi connectivity index (χ1v) is 9.67. The Bertz CT molecular complexity index is 837. The molecule has 5 heteroatoms. The summed E-state index contributed by atoms with van der Waals surface area (Å²) in [6.45, 7) is 7.33. The lowest BCUT2D eigenvalue weighted by atomic mass is 9.97. The quantitative estimate of drug-likeness (QED) is 0.676. The molecule has 3 heterocycles. The van der Waals surface area contributed by atoms with Crippen molar-refractivity contribution in [3.8, 4) is 10.8 Å². The van der Waals surface area contributed by atoms with Crippen LogP contribution in [-0.4, -0.2) is 28.2 Å². The SMILES string of the molecule is Cc1ccc(CN2CCCC(c3nnc(-c4ccc(C)s4)o3)C2)cc1. The summed E-state index contributed by atoms with van der Waals surface area (Å²) in [7, 11) is 0. The summed E-state index contributed by atoms with van der Waals surface area (Å²) in [5.41, 5.74) is 2.68. The van der Waals surface area contributed by atoms with Gasteiger partial charge in [0.25, 0.3) is 5.89 Å². The van der Waals surface area contributed by atoms with Crippen LogP contribution in [0.25, 0.3) is 10.8 Å². The van der Waals surface area contributed by atoms with E-state index in [4.69, 9.17) is 4.42 Å². The molecule has 0 bridgehead atoms. The number of benzene rings is 1. The van der Waals surface area contributed by atoms with Gasteiger partial charge in [0.15, 0.2) is 0 Å². The van der Waals surface area contributed by atoms with Gasteiger partial charge in [-0.05, 0) is 50.9 Å². The molecule has 1 aliphatic heterocycles. The third kappa shape index (κ3) is 3.83. The zero-order valence-corrected chi connectivity index (χ0v) is 15.6. The number of likely N-dealkylation sites (tertiary alicyclic amines) is 1. The van der Waals surface area contributed by atoms with E-state index >= 15 is 0 Å².